The predicted octanol–water partition coefficient (Wildman–Crippen LogP) is 1.91. The minimum Gasteiger partial charge on any atom is -0.388 e. The van der Waals surface area contributed by atoms with Crippen molar-refractivity contribution in [3.63, 3.8) is 0 Å². The average Bonchev–Trinajstić information content (AvgIpc) is 2.47. The van der Waals surface area contributed by atoms with Crippen LogP contribution in [0.1, 0.15) is 31.9 Å². The average molecular weight is 327 g/mol. The van der Waals surface area contributed by atoms with Crippen LogP contribution in [0.25, 0.3) is 0 Å². The van der Waals surface area contributed by atoms with Gasteiger partial charge in [0.05, 0.1) is 28.5 Å². The van der Waals surface area contributed by atoms with Crippen molar-refractivity contribution in [2.75, 3.05) is 24.6 Å². The number of anilines is 1. The Bertz CT molecular complexity index is 556. The van der Waals surface area contributed by atoms with Gasteiger partial charge in [-0.25, -0.2) is 4.98 Å². The first-order chi connectivity index (χ1) is 10.3. The molecule has 1 aromatic rings. The zero-order valence-electron chi connectivity index (χ0n) is 13.0. The highest BCUT2D eigenvalue weighted by molar-refractivity contribution is 6.31. The van der Waals surface area contributed by atoms with Gasteiger partial charge in [-0.15, -0.1) is 0 Å². The van der Waals surface area contributed by atoms with Gasteiger partial charge in [0.1, 0.15) is 11.9 Å². The number of aromatic nitrogens is 1. The molecule has 0 amide bonds. The molecule has 1 spiro atoms. The molecule has 5 nitrogen and oxygen atoms in total. The summed E-state index contributed by atoms with van der Waals surface area (Å²) in [5.74, 6) is 0.930. The topological polar surface area (TPSA) is 65.8 Å². The number of aliphatic hydroxyl groups is 2. The highest BCUT2D eigenvalue weighted by Gasteiger charge is 2.48. The van der Waals surface area contributed by atoms with E-state index in [9.17, 15) is 10.2 Å². The van der Waals surface area contributed by atoms with Gasteiger partial charge in [-0.1, -0.05) is 11.6 Å². The van der Waals surface area contributed by atoms with Crippen LogP contribution in [0.3, 0.4) is 0 Å². The van der Waals surface area contributed by atoms with E-state index in [4.69, 9.17) is 16.3 Å². The monoisotopic (exact) mass is 326 g/mol. The van der Waals surface area contributed by atoms with Gasteiger partial charge in [-0.3, -0.25) is 0 Å². The molecule has 2 fully saturated rings. The first kappa shape index (κ1) is 16.0. The van der Waals surface area contributed by atoms with E-state index >= 15 is 0 Å². The highest BCUT2D eigenvalue weighted by atomic mass is 35.5. The lowest BCUT2D eigenvalue weighted by Gasteiger charge is -2.50. The Kier molecular flexibility index (Phi) is 4.10. The summed E-state index contributed by atoms with van der Waals surface area (Å²) < 4.78 is 5.90. The van der Waals surface area contributed by atoms with Crippen LogP contribution >= 0.6 is 11.6 Å². The highest BCUT2D eigenvalue weighted by Crippen LogP contribution is 2.40. The van der Waals surface area contributed by atoms with Crippen molar-refractivity contribution >= 4 is 17.4 Å². The van der Waals surface area contributed by atoms with Crippen LogP contribution < -0.4 is 4.90 Å². The predicted molar refractivity (Wildman–Crippen MR) is 85.4 cm³/mol. The molecule has 0 bridgehead atoms. The molecule has 2 aliphatic rings. The van der Waals surface area contributed by atoms with E-state index in [1.165, 1.54) is 0 Å². The van der Waals surface area contributed by atoms with Crippen LogP contribution in [0.15, 0.2) is 12.1 Å². The molecule has 2 aliphatic heterocycles. The number of rotatable bonds is 1. The van der Waals surface area contributed by atoms with Crippen LogP contribution in [0.4, 0.5) is 5.82 Å². The lowest BCUT2D eigenvalue weighted by molar-refractivity contribution is -0.216. The maximum atomic E-state index is 10.3. The third kappa shape index (κ3) is 2.95. The van der Waals surface area contributed by atoms with Gasteiger partial charge in [0.2, 0.25) is 0 Å². The lowest BCUT2D eigenvalue weighted by atomic mass is 9.76. The molecular weight excluding hydrogens is 304 g/mol. The van der Waals surface area contributed by atoms with Crippen LogP contribution in [0.2, 0.25) is 5.02 Å². The molecule has 2 N–H and O–H groups in total. The zero-order valence-corrected chi connectivity index (χ0v) is 13.8. The summed E-state index contributed by atoms with van der Waals surface area (Å²) >= 11 is 6.03. The van der Waals surface area contributed by atoms with E-state index in [0.717, 1.165) is 37.4 Å². The summed E-state index contributed by atoms with van der Waals surface area (Å²) in [6.07, 6.45) is 1.30. The number of ether oxygens (including phenoxy) is 1. The van der Waals surface area contributed by atoms with Crippen LogP contribution in [-0.2, 0) is 4.74 Å². The number of pyridine rings is 1. The van der Waals surface area contributed by atoms with Crippen molar-refractivity contribution in [1.82, 2.24) is 4.98 Å². The normalized spacial score (nSPS) is 31.5. The molecule has 2 atom stereocenters. The molecule has 0 saturated carbocycles. The van der Waals surface area contributed by atoms with Crippen LogP contribution in [0, 0.1) is 6.92 Å². The molecule has 0 unspecified atom stereocenters. The number of aryl methyl sites for hydroxylation is 1. The number of piperidine rings is 1. The SMILES string of the molecule is Cc1nc(N2CCC3(CC2)C[C@](C)(O)[C@@H](O)CO3)ccc1Cl. The maximum absolute atomic E-state index is 10.3. The third-order valence-electron chi connectivity index (χ3n) is 4.95. The molecule has 0 radical (unpaired) electrons. The molecule has 0 aromatic carbocycles. The summed E-state index contributed by atoms with van der Waals surface area (Å²) in [5, 5.41) is 20.8. The Morgan fingerprint density at radius 1 is 1.36 bits per heavy atom. The van der Waals surface area contributed by atoms with E-state index in [-0.39, 0.29) is 12.2 Å². The minimum atomic E-state index is -1.07. The molecular formula is C16H23ClN2O3. The number of halogens is 1. The van der Waals surface area contributed by atoms with E-state index in [1.807, 2.05) is 19.1 Å². The van der Waals surface area contributed by atoms with Crippen molar-refractivity contribution in [3.05, 3.63) is 22.8 Å². The number of hydrogen-bond acceptors (Lipinski definition) is 5. The Hall–Kier alpha value is -0.880. The summed E-state index contributed by atoms with van der Waals surface area (Å²) in [7, 11) is 0. The van der Waals surface area contributed by atoms with E-state index in [2.05, 4.69) is 9.88 Å². The van der Waals surface area contributed by atoms with Crippen molar-refractivity contribution in [3.8, 4) is 0 Å². The molecule has 6 heteroatoms. The van der Waals surface area contributed by atoms with Crippen molar-refractivity contribution < 1.29 is 14.9 Å². The molecule has 22 heavy (non-hydrogen) atoms. The Morgan fingerprint density at radius 2 is 2.05 bits per heavy atom. The van der Waals surface area contributed by atoms with Gasteiger partial charge in [-0.05, 0) is 38.8 Å². The van der Waals surface area contributed by atoms with Crippen LogP contribution in [0.5, 0.6) is 0 Å². The Morgan fingerprint density at radius 3 is 2.64 bits per heavy atom. The molecule has 3 heterocycles. The number of hydrogen-bond donors (Lipinski definition) is 2. The maximum Gasteiger partial charge on any atom is 0.128 e. The van der Waals surface area contributed by atoms with Crippen molar-refractivity contribution in [2.45, 2.75) is 50.4 Å². The van der Waals surface area contributed by atoms with Gasteiger partial charge < -0.3 is 19.8 Å². The molecule has 2 saturated heterocycles. The second kappa shape index (κ2) is 5.64. The van der Waals surface area contributed by atoms with Gasteiger partial charge in [0.25, 0.3) is 0 Å². The number of aliphatic hydroxyl groups excluding tert-OH is 1. The zero-order chi connectivity index (χ0) is 16.0. The number of nitrogens with zero attached hydrogens (tertiary/aromatic N) is 2. The first-order valence-corrected chi connectivity index (χ1v) is 8.12. The van der Waals surface area contributed by atoms with Gasteiger partial charge >= 0.3 is 0 Å². The fourth-order valence-electron chi connectivity index (χ4n) is 3.43. The molecule has 1 aromatic heterocycles. The Balaban J connectivity index is 1.68. The van der Waals surface area contributed by atoms with Gasteiger partial charge in [-0.2, -0.15) is 0 Å². The van der Waals surface area contributed by atoms with Gasteiger partial charge in [0.15, 0.2) is 0 Å². The smallest absolute Gasteiger partial charge is 0.128 e. The Labute approximate surface area is 135 Å². The second-order valence-electron chi connectivity index (χ2n) is 6.77. The minimum absolute atomic E-state index is 0.200. The second-order valence-corrected chi connectivity index (χ2v) is 7.17. The molecule has 3 rings (SSSR count). The lowest BCUT2D eigenvalue weighted by Crippen LogP contribution is -2.59. The quantitative estimate of drug-likeness (QED) is 0.825. The van der Waals surface area contributed by atoms with Crippen molar-refractivity contribution in [2.24, 2.45) is 0 Å². The molecule has 0 aliphatic carbocycles. The summed E-state index contributed by atoms with van der Waals surface area (Å²) in [4.78, 5) is 6.75. The summed E-state index contributed by atoms with van der Waals surface area (Å²) in [6.45, 7) is 5.43. The van der Waals surface area contributed by atoms with E-state index in [1.54, 1.807) is 6.92 Å². The standard InChI is InChI=1S/C16H23ClN2O3/c1-11-12(17)3-4-14(18-11)19-7-5-16(6-8-19)10-15(2,21)13(20)9-22-16/h3-4,13,20-21H,5-10H2,1-2H3/t13-,15-/m0/s1. The van der Waals surface area contributed by atoms with Crippen LogP contribution in [-0.4, -0.2) is 52.2 Å². The molecule has 122 valence electrons. The summed E-state index contributed by atoms with van der Waals surface area (Å²) in [5.41, 5.74) is -0.574. The summed E-state index contributed by atoms with van der Waals surface area (Å²) in [6, 6.07) is 3.82. The largest absolute Gasteiger partial charge is 0.388 e. The fourth-order valence-corrected chi connectivity index (χ4v) is 3.53. The third-order valence-corrected chi connectivity index (χ3v) is 5.35. The van der Waals surface area contributed by atoms with Gasteiger partial charge in [0, 0.05) is 19.5 Å². The van der Waals surface area contributed by atoms with E-state index in [0.29, 0.717) is 11.4 Å². The fraction of sp³-hybridized carbons (Fsp3) is 0.688. The first-order valence-electron chi connectivity index (χ1n) is 7.74. The van der Waals surface area contributed by atoms with Crippen molar-refractivity contribution in [1.29, 1.82) is 0 Å². The van der Waals surface area contributed by atoms with E-state index < -0.39 is 11.7 Å².